The number of aliphatic hydroxyl groups excluding tert-OH is 1. The Labute approximate surface area is 110 Å². The van der Waals surface area contributed by atoms with Crippen molar-refractivity contribution in [1.29, 1.82) is 0 Å². The number of benzene rings is 2. The lowest BCUT2D eigenvalue weighted by atomic mass is 10.0. The van der Waals surface area contributed by atoms with Crippen LogP contribution in [0.2, 0.25) is 0 Å². The highest BCUT2D eigenvalue weighted by Gasteiger charge is 2.18. The van der Waals surface area contributed by atoms with Crippen LogP contribution in [0, 0.1) is 17.5 Å². The fourth-order valence-corrected chi connectivity index (χ4v) is 1.84. The third kappa shape index (κ3) is 2.57. The van der Waals surface area contributed by atoms with Gasteiger partial charge in [0, 0.05) is 16.1 Å². The first-order valence-electron chi connectivity index (χ1n) is 5.07. The summed E-state index contributed by atoms with van der Waals surface area (Å²) < 4.78 is 40.1. The van der Waals surface area contributed by atoms with Crippen LogP contribution in [0.25, 0.3) is 0 Å². The van der Waals surface area contributed by atoms with Crippen LogP contribution in [0.4, 0.5) is 13.2 Å². The van der Waals surface area contributed by atoms with E-state index in [-0.39, 0.29) is 5.56 Å². The van der Waals surface area contributed by atoms with Crippen molar-refractivity contribution in [2.75, 3.05) is 0 Å². The molecular formula is C13H8BrF3O. The van der Waals surface area contributed by atoms with Gasteiger partial charge >= 0.3 is 0 Å². The smallest absolute Gasteiger partial charge is 0.161 e. The number of rotatable bonds is 2. The van der Waals surface area contributed by atoms with Crippen LogP contribution < -0.4 is 0 Å². The summed E-state index contributed by atoms with van der Waals surface area (Å²) in [5, 5.41) is 9.93. The molecule has 0 fully saturated rings. The quantitative estimate of drug-likeness (QED) is 0.832. The highest BCUT2D eigenvalue weighted by Crippen LogP contribution is 2.27. The largest absolute Gasteiger partial charge is 0.384 e. The van der Waals surface area contributed by atoms with Gasteiger partial charge in [-0.2, -0.15) is 0 Å². The van der Waals surface area contributed by atoms with Gasteiger partial charge in [0.1, 0.15) is 11.9 Å². The number of hydrogen-bond donors (Lipinski definition) is 1. The van der Waals surface area contributed by atoms with Crippen LogP contribution in [-0.4, -0.2) is 5.11 Å². The zero-order chi connectivity index (χ0) is 13.3. The molecule has 1 atom stereocenters. The normalized spacial score (nSPS) is 12.5. The molecule has 0 aliphatic heterocycles. The van der Waals surface area contributed by atoms with Gasteiger partial charge in [-0.1, -0.05) is 28.1 Å². The van der Waals surface area contributed by atoms with Crippen molar-refractivity contribution < 1.29 is 18.3 Å². The lowest BCUT2D eigenvalue weighted by Gasteiger charge is -2.13. The summed E-state index contributed by atoms with van der Waals surface area (Å²) in [7, 11) is 0. The first kappa shape index (κ1) is 13.1. The minimum atomic E-state index is -1.34. The van der Waals surface area contributed by atoms with Gasteiger partial charge < -0.3 is 5.11 Å². The van der Waals surface area contributed by atoms with Crippen LogP contribution in [0.15, 0.2) is 40.9 Å². The van der Waals surface area contributed by atoms with E-state index >= 15 is 0 Å². The van der Waals surface area contributed by atoms with Gasteiger partial charge in [-0.3, -0.25) is 0 Å². The minimum Gasteiger partial charge on any atom is -0.384 e. The van der Waals surface area contributed by atoms with Crippen LogP contribution >= 0.6 is 15.9 Å². The Kier molecular flexibility index (Phi) is 3.73. The predicted molar refractivity (Wildman–Crippen MR) is 64.5 cm³/mol. The van der Waals surface area contributed by atoms with Crippen molar-refractivity contribution >= 4 is 15.9 Å². The van der Waals surface area contributed by atoms with E-state index in [2.05, 4.69) is 15.9 Å². The first-order chi connectivity index (χ1) is 8.49. The summed E-state index contributed by atoms with van der Waals surface area (Å²) >= 11 is 3.22. The average molecular weight is 317 g/mol. The molecule has 0 radical (unpaired) electrons. The summed E-state index contributed by atoms with van der Waals surface area (Å²) in [6.07, 6.45) is -1.34. The van der Waals surface area contributed by atoms with Crippen molar-refractivity contribution in [1.82, 2.24) is 0 Å². The van der Waals surface area contributed by atoms with E-state index in [4.69, 9.17) is 0 Å². The Bertz CT molecular complexity index is 569. The molecule has 2 aromatic carbocycles. The molecule has 1 unspecified atom stereocenters. The Balaban J connectivity index is 2.42. The van der Waals surface area contributed by atoms with Gasteiger partial charge in [0.15, 0.2) is 11.6 Å². The van der Waals surface area contributed by atoms with E-state index < -0.39 is 23.6 Å². The zero-order valence-electron chi connectivity index (χ0n) is 9.00. The van der Waals surface area contributed by atoms with Gasteiger partial charge in [0.2, 0.25) is 0 Å². The molecule has 18 heavy (non-hydrogen) atoms. The van der Waals surface area contributed by atoms with Gasteiger partial charge in [-0.05, 0) is 23.8 Å². The molecular weight excluding hydrogens is 309 g/mol. The molecule has 0 aliphatic rings. The summed E-state index contributed by atoms with van der Waals surface area (Å²) in [5.41, 5.74) is 0.0966. The fraction of sp³-hybridized carbons (Fsp3) is 0.0769. The van der Waals surface area contributed by atoms with Crippen molar-refractivity contribution in [3.05, 3.63) is 69.4 Å². The van der Waals surface area contributed by atoms with Crippen molar-refractivity contribution in [2.45, 2.75) is 6.10 Å². The second-order valence-electron chi connectivity index (χ2n) is 3.74. The maximum atomic E-state index is 13.5. The third-order valence-electron chi connectivity index (χ3n) is 2.52. The Morgan fingerprint density at radius 1 is 0.889 bits per heavy atom. The summed E-state index contributed by atoms with van der Waals surface area (Å²) in [5.74, 6) is -3.45. The molecule has 0 aromatic heterocycles. The molecule has 0 aliphatic carbocycles. The van der Waals surface area contributed by atoms with E-state index in [0.29, 0.717) is 17.7 Å². The minimum absolute atomic E-state index is 0.295. The number of hydrogen-bond acceptors (Lipinski definition) is 1. The standard InChI is InChI=1S/C13H8BrF3O/c14-8-3-1-7(2-4-8)13(18)9-5-11(16)12(17)6-10(9)15/h1-6,13,18H. The fourth-order valence-electron chi connectivity index (χ4n) is 1.57. The molecule has 0 heterocycles. The summed E-state index contributed by atoms with van der Waals surface area (Å²) in [6.45, 7) is 0. The summed E-state index contributed by atoms with van der Waals surface area (Å²) in [6, 6.07) is 7.54. The van der Waals surface area contributed by atoms with Crippen LogP contribution in [0.5, 0.6) is 0 Å². The molecule has 0 amide bonds. The highest BCUT2D eigenvalue weighted by atomic mass is 79.9. The van der Waals surface area contributed by atoms with Crippen LogP contribution in [-0.2, 0) is 0 Å². The van der Waals surface area contributed by atoms with Gasteiger partial charge in [0.05, 0.1) is 0 Å². The van der Waals surface area contributed by atoms with Crippen molar-refractivity contribution in [2.24, 2.45) is 0 Å². The monoisotopic (exact) mass is 316 g/mol. The Hall–Kier alpha value is -1.33. The molecule has 2 aromatic rings. The van der Waals surface area contributed by atoms with E-state index in [9.17, 15) is 18.3 Å². The maximum absolute atomic E-state index is 13.5. The average Bonchev–Trinajstić information content (AvgIpc) is 2.34. The molecule has 5 heteroatoms. The van der Waals surface area contributed by atoms with E-state index in [1.165, 1.54) is 0 Å². The van der Waals surface area contributed by atoms with Gasteiger partial charge in [-0.25, -0.2) is 13.2 Å². The Morgan fingerprint density at radius 3 is 2.06 bits per heavy atom. The zero-order valence-corrected chi connectivity index (χ0v) is 10.6. The lowest BCUT2D eigenvalue weighted by Crippen LogP contribution is -2.04. The SMILES string of the molecule is OC(c1ccc(Br)cc1)c1cc(F)c(F)cc1F. The molecule has 2 rings (SSSR count). The van der Waals surface area contributed by atoms with Crippen molar-refractivity contribution in [3.8, 4) is 0 Å². The highest BCUT2D eigenvalue weighted by molar-refractivity contribution is 9.10. The van der Waals surface area contributed by atoms with Crippen LogP contribution in [0.1, 0.15) is 17.2 Å². The molecule has 0 bridgehead atoms. The second kappa shape index (κ2) is 5.12. The lowest BCUT2D eigenvalue weighted by molar-refractivity contribution is 0.214. The number of halogens is 4. The van der Waals surface area contributed by atoms with E-state index in [1.54, 1.807) is 24.3 Å². The molecule has 1 N–H and O–H groups in total. The molecule has 0 spiro atoms. The molecule has 94 valence electrons. The van der Waals surface area contributed by atoms with Gasteiger partial charge in [-0.15, -0.1) is 0 Å². The topological polar surface area (TPSA) is 20.2 Å². The predicted octanol–water partition coefficient (Wildman–Crippen LogP) is 3.95. The van der Waals surface area contributed by atoms with E-state index in [1.807, 2.05) is 0 Å². The molecule has 0 saturated carbocycles. The Morgan fingerprint density at radius 2 is 1.44 bits per heavy atom. The third-order valence-corrected chi connectivity index (χ3v) is 3.05. The van der Waals surface area contributed by atoms with Gasteiger partial charge in [0.25, 0.3) is 0 Å². The number of aliphatic hydroxyl groups is 1. The summed E-state index contributed by atoms with van der Waals surface area (Å²) in [4.78, 5) is 0. The van der Waals surface area contributed by atoms with E-state index in [0.717, 1.165) is 4.47 Å². The van der Waals surface area contributed by atoms with Crippen LogP contribution in [0.3, 0.4) is 0 Å². The first-order valence-corrected chi connectivity index (χ1v) is 5.86. The molecule has 0 saturated heterocycles. The second-order valence-corrected chi connectivity index (χ2v) is 4.66. The maximum Gasteiger partial charge on any atom is 0.161 e. The van der Waals surface area contributed by atoms with Crippen molar-refractivity contribution in [3.63, 3.8) is 0 Å². The molecule has 1 nitrogen and oxygen atoms in total.